The Kier molecular flexibility index (Phi) is 4.45. The summed E-state index contributed by atoms with van der Waals surface area (Å²) in [6.45, 7) is 10.9. The van der Waals surface area contributed by atoms with E-state index >= 15 is 0 Å². The normalized spacial score (nSPS) is 34.6. The van der Waals surface area contributed by atoms with Crippen LogP contribution >= 0.6 is 0 Å². The molecule has 0 aromatic heterocycles. The Hall–Kier alpha value is -0.120. The fourth-order valence-corrected chi connectivity index (χ4v) is 3.63. The van der Waals surface area contributed by atoms with E-state index in [0.717, 1.165) is 23.8 Å². The van der Waals surface area contributed by atoms with Crippen LogP contribution < -0.4 is 5.32 Å². The van der Waals surface area contributed by atoms with Crippen molar-refractivity contribution in [3.05, 3.63) is 0 Å². The van der Waals surface area contributed by atoms with Gasteiger partial charge in [0.05, 0.1) is 0 Å². The molecule has 2 aliphatic rings. The minimum atomic E-state index is 0.798. The van der Waals surface area contributed by atoms with E-state index in [0.29, 0.717) is 0 Å². The summed E-state index contributed by atoms with van der Waals surface area (Å²) >= 11 is 0. The summed E-state index contributed by atoms with van der Waals surface area (Å²) in [5.41, 5.74) is 0. The SMILES string of the molecule is CC(C)CCN1CC2CNCC(C1)C2N(C)C. The molecule has 2 heterocycles. The van der Waals surface area contributed by atoms with Crippen LogP contribution in [0.15, 0.2) is 0 Å². The molecular formula is C14H29N3. The van der Waals surface area contributed by atoms with Gasteiger partial charge in [0.2, 0.25) is 0 Å². The van der Waals surface area contributed by atoms with Gasteiger partial charge in [-0.3, -0.25) is 0 Å². The first kappa shape index (κ1) is 13.3. The average molecular weight is 239 g/mol. The lowest BCUT2D eigenvalue weighted by Crippen LogP contribution is -2.63. The molecule has 0 aromatic rings. The lowest BCUT2D eigenvalue weighted by Gasteiger charge is -2.50. The van der Waals surface area contributed by atoms with Gasteiger partial charge in [-0.1, -0.05) is 13.8 Å². The molecule has 2 fully saturated rings. The molecule has 2 saturated heterocycles. The van der Waals surface area contributed by atoms with Crippen molar-refractivity contribution in [2.24, 2.45) is 17.8 Å². The molecule has 2 unspecified atom stereocenters. The van der Waals surface area contributed by atoms with E-state index < -0.39 is 0 Å². The molecule has 0 amide bonds. The van der Waals surface area contributed by atoms with E-state index in [9.17, 15) is 0 Å². The zero-order valence-electron chi connectivity index (χ0n) is 11.9. The smallest absolute Gasteiger partial charge is 0.0194 e. The Labute approximate surface area is 107 Å². The Morgan fingerprint density at radius 1 is 1.18 bits per heavy atom. The van der Waals surface area contributed by atoms with Gasteiger partial charge < -0.3 is 15.1 Å². The van der Waals surface area contributed by atoms with Gasteiger partial charge in [-0.05, 0) is 44.8 Å². The largest absolute Gasteiger partial charge is 0.316 e. The van der Waals surface area contributed by atoms with Crippen molar-refractivity contribution in [1.29, 1.82) is 0 Å². The van der Waals surface area contributed by atoms with E-state index in [-0.39, 0.29) is 0 Å². The number of nitrogens with zero attached hydrogens (tertiary/aromatic N) is 2. The van der Waals surface area contributed by atoms with Gasteiger partial charge in [0.1, 0.15) is 0 Å². The molecule has 0 radical (unpaired) electrons. The molecule has 0 saturated carbocycles. The fraction of sp³-hybridized carbons (Fsp3) is 1.00. The number of rotatable bonds is 4. The van der Waals surface area contributed by atoms with Crippen molar-refractivity contribution in [3.63, 3.8) is 0 Å². The molecule has 0 aromatic carbocycles. The molecule has 17 heavy (non-hydrogen) atoms. The highest BCUT2D eigenvalue weighted by molar-refractivity contribution is 4.96. The molecule has 3 nitrogen and oxygen atoms in total. The van der Waals surface area contributed by atoms with Crippen LogP contribution in [0, 0.1) is 17.8 Å². The highest BCUT2D eigenvalue weighted by atomic mass is 15.2. The van der Waals surface area contributed by atoms with Gasteiger partial charge in [-0.25, -0.2) is 0 Å². The number of hydrogen-bond acceptors (Lipinski definition) is 3. The summed E-state index contributed by atoms with van der Waals surface area (Å²) in [6, 6.07) is 0.798. The van der Waals surface area contributed by atoms with Crippen LogP contribution in [0.5, 0.6) is 0 Å². The second-order valence-corrected chi connectivity index (χ2v) is 6.57. The lowest BCUT2D eigenvalue weighted by atomic mass is 9.79. The number of fused-ring (bicyclic) bond motifs is 2. The summed E-state index contributed by atoms with van der Waals surface area (Å²) < 4.78 is 0. The maximum absolute atomic E-state index is 3.60. The molecule has 0 aliphatic carbocycles. The maximum atomic E-state index is 3.60. The maximum Gasteiger partial charge on any atom is 0.0194 e. The fourth-order valence-electron chi connectivity index (χ4n) is 3.63. The molecule has 2 aliphatic heterocycles. The first-order valence-electron chi connectivity index (χ1n) is 7.17. The van der Waals surface area contributed by atoms with Gasteiger partial charge in [-0.15, -0.1) is 0 Å². The molecule has 2 bridgehead atoms. The van der Waals surface area contributed by atoms with Crippen molar-refractivity contribution in [1.82, 2.24) is 15.1 Å². The minimum absolute atomic E-state index is 0.798. The third-order valence-corrected chi connectivity index (χ3v) is 4.38. The Morgan fingerprint density at radius 2 is 1.76 bits per heavy atom. The van der Waals surface area contributed by atoms with Crippen LogP contribution in [-0.2, 0) is 0 Å². The minimum Gasteiger partial charge on any atom is -0.316 e. The van der Waals surface area contributed by atoms with Gasteiger partial charge in [-0.2, -0.15) is 0 Å². The summed E-state index contributed by atoms with van der Waals surface area (Å²) in [6.07, 6.45) is 1.35. The van der Waals surface area contributed by atoms with Gasteiger partial charge in [0.15, 0.2) is 0 Å². The van der Waals surface area contributed by atoms with Crippen LogP contribution in [0.3, 0.4) is 0 Å². The molecule has 100 valence electrons. The number of likely N-dealkylation sites (tertiary alicyclic amines) is 1. The monoisotopic (exact) mass is 239 g/mol. The molecule has 2 rings (SSSR count). The van der Waals surface area contributed by atoms with Crippen LogP contribution in [0.25, 0.3) is 0 Å². The summed E-state index contributed by atoms with van der Waals surface area (Å²) in [5, 5.41) is 3.60. The Balaban J connectivity index is 1.92. The van der Waals surface area contributed by atoms with Gasteiger partial charge >= 0.3 is 0 Å². The first-order chi connectivity index (χ1) is 8.08. The van der Waals surface area contributed by atoms with Crippen LogP contribution in [0.1, 0.15) is 20.3 Å². The van der Waals surface area contributed by atoms with E-state index in [2.05, 4.69) is 43.1 Å². The molecule has 2 atom stereocenters. The first-order valence-corrected chi connectivity index (χ1v) is 7.17. The molecule has 0 spiro atoms. The molecular weight excluding hydrogens is 210 g/mol. The summed E-state index contributed by atoms with van der Waals surface area (Å²) in [7, 11) is 4.50. The van der Waals surface area contributed by atoms with E-state index in [1.807, 2.05) is 0 Å². The number of piperidine rings is 2. The number of hydrogen-bond donors (Lipinski definition) is 1. The van der Waals surface area contributed by atoms with Crippen molar-refractivity contribution in [2.45, 2.75) is 26.3 Å². The topological polar surface area (TPSA) is 18.5 Å². The Bertz CT molecular complexity index is 226. The standard InChI is InChI=1S/C14H29N3/c1-11(2)5-6-17-9-12-7-15-8-13(10-17)14(12)16(3)4/h11-15H,5-10H2,1-4H3. The predicted molar refractivity (Wildman–Crippen MR) is 73.2 cm³/mol. The lowest BCUT2D eigenvalue weighted by molar-refractivity contribution is 0.00993. The molecule has 1 N–H and O–H groups in total. The van der Waals surface area contributed by atoms with Crippen molar-refractivity contribution in [3.8, 4) is 0 Å². The Morgan fingerprint density at radius 3 is 2.24 bits per heavy atom. The van der Waals surface area contributed by atoms with Crippen LogP contribution in [0.2, 0.25) is 0 Å². The molecule has 3 heteroatoms. The summed E-state index contributed by atoms with van der Waals surface area (Å²) in [4.78, 5) is 5.16. The van der Waals surface area contributed by atoms with Crippen LogP contribution in [-0.4, -0.2) is 62.7 Å². The highest BCUT2D eigenvalue weighted by Crippen LogP contribution is 2.28. The van der Waals surface area contributed by atoms with Crippen molar-refractivity contribution >= 4 is 0 Å². The van der Waals surface area contributed by atoms with Gasteiger partial charge in [0, 0.05) is 32.2 Å². The predicted octanol–water partition coefficient (Wildman–Crippen LogP) is 1.11. The second kappa shape index (κ2) is 5.68. The van der Waals surface area contributed by atoms with Crippen molar-refractivity contribution < 1.29 is 0 Å². The third-order valence-electron chi connectivity index (χ3n) is 4.38. The average Bonchev–Trinajstić information content (AvgIpc) is 2.24. The van der Waals surface area contributed by atoms with Gasteiger partial charge in [0.25, 0.3) is 0 Å². The van der Waals surface area contributed by atoms with Crippen LogP contribution in [0.4, 0.5) is 0 Å². The zero-order chi connectivity index (χ0) is 12.4. The quantitative estimate of drug-likeness (QED) is 0.793. The summed E-state index contributed by atoms with van der Waals surface area (Å²) in [5.74, 6) is 2.48. The van der Waals surface area contributed by atoms with Crippen molar-refractivity contribution in [2.75, 3.05) is 46.8 Å². The third kappa shape index (κ3) is 3.21. The highest BCUT2D eigenvalue weighted by Gasteiger charge is 2.40. The second-order valence-electron chi connectivity index (χ2n) is 6.57. The zero-order valence-corrected chi connectivity index (χ0v) is 11.9. The van der Waals surface area contributed by atoms with E-state index in [4.69, 9.17) is 0 Å². The number of nitrogens with one attached hydrogen (secondary N) is 1. The van der Waals surface area contributed by atoms with E-state index in [1.165, 1.54) is 39.1 Å². The van der Waals surface area contributed by atoms with E-state index in [1.54, 1.807) is 0 Å².